The van der Waals surface area contributed by atoms with Crippen LogP contribution in [0.2, 0.25) is 0 Å². The average molecular weight is 244 g/mol. The highest BCUT2D eigenvalue weighted by molar-refractivity contribution is 7.99. The molecule has 1 aliphatic rings. The van der Waals surface area contributed by atoms with E-state index in [9.17, 15) is 0 Å². The van der Waals surface area contributed by atoms with Crippen molar-refractivity contribution in [2.24, 2.45) is 5.73 Å². The first-order valence-corrected chi connectivity index (χ1v) is 7.97. The minimum Gasteiger partial charge on any atom is -0.329 e. The zero-order valence-corrected chi connectivity index (χ0v) is 11.8. The molecular formula is C13H28N2S. The lowest BCUT2D eigenvalue weighted by Gasteiger charge is -2.40. The Balaban J connectivity index is 2.56. The number of nitrogens with zero attached hydrogens (tertiary/aromatic N) is 1. The molecule has 0 radical (unpaired) electrons. The van der Waals surface area contributed by atoms with E-state index < -0.39 is 0 Å². The molecule has 0 aliphatic carbocycles. The van der Waals surface area contributed by atoms with Gasteiger partial charge in [-0.25, -0.2) is 0 Å². The molecule has 0 aromatic rings. The van der Waals surface area contributed by atoms with Gasteiger partial charge >= 0.3 is 0 Å². The lowest BCUT2D eigenvalue weighted by atomic mass is 9.95. The van der Waals surface area contributed by atoms with Gasteiger partial charge in [0.1, 0.15) is 0 Å². The predicted molar refractivity (Wildman–Crippen MR) is 75.1 cm³/mol. The van der Waals surface area contributed by atoms with Gasteiger partial charge in [-0.05, 0) is 38.1 Å². The van der Waals surface area contributed by atoms with Gasteiger partial charge in [0.15, 0.2) is 0 Å². The smallest absolute Gasteiger partial charge is 0.0429 e. The van der Waals surface area contributed by atoms with Gasteiger partial charge < -0.3 is 5.73 Å². The van der Waals surface area contributed by atoms with Crippen LogP contribution in [0.4, 0.5) is 0 Å². The molecule has 0 aromatic carbocycles. The van der Waals surface area contributed by atoms with Crippen molar-refractivity contribution in [3.8, 4) is 0 Å². The molecule has 0 spiro atoms. The van der Waals surface area contributed by atoms with Crippen molar-refractivity contribution in [1.82, 2.24) is 4.90 Å². The van der Waals surface area contributed by atoms with E-state index in [1.54, 1.807) is 0 Å². The van der Waals surface area contributed by atoms with Crippen LogP contribution in [-0.4, -0.2) is 41.6 Å². The number of nitrogens with two attached hydrogens (primary N) is 1. The van der Waals surface area contributed by atoms with E-state index in [1.807, 2.05) is 0 Å². The highest BCUT2D eigenvalue weighted by Gasteiger charge is 2.37. The molecule has 0 bridgehead atoms. The molecule has 1 fully saturated rings. The zero-order valence-electron chi connectivity index (χ0n) is 11.0. The third kappa shape index (κ3) is 3.64. The Morgan fingerprint density at radius 2 is 1.81 bits per heavy atom. The lowest BCUT2D eigenvalue weighted by molar-refractivity contribution is 0.112. The number of rotatable bonds is 8. The number of unbranched alkanes of at least 4 members (excludes halogenated alkanes) is 2. The number of hydrogen-bond donors (Lipinski definition) is 1. The van der Waals surface area contributed by atoms with Gasteiger partial charge in [-0.1, -0.05) is 26.7 Å². The molecule has 1 rings (SSSR count). The summed E-state index contributed by atoms with van der Waals surface area (Å²) >= 11 is 2.08. The number of hydrogen-bond acceptors (Lipinski definition) is 3. The van der Waals surface area contributed by atoms with Crippen molar-refractivity contribution >= 4 is 11.8 Å². The van der Waals surface area contributed by atoms with E-state index >= 15 is 0 Å². The minimum atomic E-state index is 0.328. The van der Waals surface area contributed by atoms with Crippen molar-refractivity contribution in [1.29, 1.82) is 0 Å². The minimum absolute atomic E-state index is 0.328. The molecule has 1 heterocycles. The van der Waals surface area contributed by atoms with Crippen LogP contribution in [-0.2, 0) is 0 Å². The van der Waals surface area contributed by atoms with Crippen molar-refractivity contribution in [3.05, 3.63) is 0 Å². The van der Waals surface area contributed by atoms with Gasteiger partial charge in [0.2, 0.25) is 0 Å². The van der Waals surface area contributed by atoms with E-state index in [2.05, 4.69) is 30.5 Å². The summed E-state index contributed by atoms with van der Waals surface area (Å²) in [4.78, 5) is 2.69. The molecule has 0 amide bonds. The second kappa shape index (κ2) is 7.57. The van der Waals surface area contributed by atoms with E-state index in [1.165, 1.54) is 56.7 Å². The normalized spacial score (nSPS) is 25.5. The van der Waals surface area contributed by atoms with Crippen molar-refractivity contribution in [2.45, 2.75) is 51.5 Å². The van der Waals surface area contributed by atoms with Crippen LogP contribution in [0, 0.1) is 0 Å². The zero-order chi connectivity index (χ0) is 11.9. The Kier molecular flexibility index (Phi) is 6.78. The molecule has 96 valence electrons. The van der Waals surface area contributed by atoms with Gasteiger partial charge in [-0.2, -0.15) is 11.8 Å². The maximum absolute atomic E-state index is 6.06. The van der Waals surface area contributed by atoms with E-state index in [0.717, 1.165) is 6.54 Å². The summed E-state index contributed by atoms with van der Waals surface area (Å²) in [7, 11) is 0. The Hall–Kier alpha value is 0.270. The van der Waals surface area contributed by atoms with Crippen LogP contribution in [0.25, 0.3) is 0 Å². The van der Waals surface area contributed by atoms with Crippen LogP contribution < -0.4 is 5.73 Å². The average Bonchev–Trinajstić information content (AvgIpc) is 2.79. The van der Waals surface area contributed by atoms with E-state index in [4.69, 9.17) is 5.73 Å². The largest absolute Gasteiger partial charge is 0.329 e. The quantitative estimate of drug-likeness (QED) is 0.712. The first kappa shape index (κ1) is 14.3. The van der Waals surface area contributed by atoms with Crippen LogP contribution in [0.15, 0.2) is 0 Å². The molecule has 1 aliphatic heterocycles. The highest BCUT2D eigenvalue weighted by atomic mass is 32.2. The summed E-state index contributed by atoms with van der Waals surface area (Å²) in [5.41, 5.74) is 6.39. The van der Waals surface area contributed by atoms with E-state index in [-0.39, 0.29) is 0 Å². The molecule has 3 heteroatoms. The van der Waals surface area contributed by atoms with Crippen LogP contribution in [0.1, 0.15) is 46.0 Å². The van der Waals surface area contributed by atoms with Crippen LogP contribution >= 0.6 is 11.8 Å². The topological polar surface area (TPSA) is 29.3 Å². The fraction of sp³-hybridized carbons (Fsp3) is 1.00. The van der Waals surface area contributed by atoms with Gasteiger partial charge in [-0.15, -0.1) is 0 Å². The fourth-order valence-electron chi connectivity index (χ4n) is 2.42. The Labute approximate surface area is 105 Å². The van der Waals surface area contributed by atoms with Gasteiger partial charge in [0, 0.05) is 17.8 Å². The highest BCUT2D eigenvalue weighted by Crippen LogP contribution is 2.33. The molecule has 1 atom stereocenters. The van der Waals surface area contributed by atoms with Crippen molar-refractivity contribution in [3.63, 3.8) is 0 Å². The van der Waals surface area contributed by atoms with Crippen LogP contribution in [0.3, 0.4) is 0 Å². The summed E-state index contributed by atoms with van der Waals surface area (Å²) in [6.45, 7) is 7.88. The van der Waals surface area contributed by atoms with Crippen molar-refractivity contribution in [2.75, 3.05) is 31.1 Å². The standard InChI is InChI=1S/C13H28N2S/c1-3-5-8-15(9-6-4-2)13(11-14)7-10-16-12-13/h3-12,14H2,1-2H3. The fourth-order valence-corrected chi connectivity index (χ4v) is 3.91. The first-order chi connectivity index (χ1) is 7.79. The Bertz CT molecular complexity index is 171. The van der Waals surface area contributed by atoms with Crippen LogP contribution in [0.5, 0.6) is 0 Å². The molecule has 2 nitrogen and oxygen atoms in total. The summed E-state index contributed by atoms with van der Waals surface area (Å²) in [5, 5.41) is 0. The third-order valence-electron chi connectivity index (χ3n) is 3.70. The molecule has 0 aromatic heterocycles. The summed E-state index contributed by atoms with van der Waals surface area (Å²) in [6.07, 6.45) is 6.50. The molecule has 2 N–H and O–H groups in total. The Morgan fingerprint density at radius 1 is 1.19 bits per heavy atom. The lowest BCUT2D eigenvalue weighted by Crippen LogP contribution is -2.54. The molecule has 1 saturated heterocycles. The first-order valence-electron chi connectivity index (χ1n) is 6.82. The third-order valence-corrected chi connectivity index (χ3v) is 4.93. The van der Waals surface area contributed by atoms with Gasteiger partial charge in [0.05, 0.1) is 0 Å². The molecule has 1 unspecified atom stereocenters. The molecule has 0 saturated carbocycles. The molecular weight excluding hydrogens is 216 g/mol. The second-order valence-corrected chi connectivity index (χ2v) is 6.03. The van der Waals surface area contributed by atoms with Crippen molar-refractivity contribution < 1.29 is 0 Å². The molecule has 16 heavy (non-hydrogen) atoms. The summed E-state index contributed by atoms with van der Waals surface area (Å²) in [5.74, 6) is 2.54. The SMILES string of the molecule is CCCCN(CCCC)C1(CN)CCSC1. The summed E-state index contributed by atoms with van der Waals surface area (Å²) < 4.78 is 0. The Morgan fingerprint density at radius 3 is 2.19 bits per heavy atom. The van der Waals surface area contributed by atoms with E-state index in [0.29, 0.717) is 5.54 Å². The number of thioether (sulfide) groups is 1. The predicted octanol–water partition coefficient (Wildman–Crippen LogP) is 2.72. The second-order valence-electron chi connectivity index (χ2n) is 4.93. The maximum Gasteiger partial charge on any atom is 0.0429 e. The monoisotopic (exact) mass is 244 g/mol. The maximum atomic E-state index is 6.06. The van der Waals surface area contributed by atoms with Gasteiger partial charge in [0.25, 0.3) is 0 Å². The van der Waals surface area contributed by atoms with Gasteiger partial charge in [-0.3, -0.25) is 4.90 Å². The summed E-state index contributed by atoms with van der Waals surface area (Å²) in [6, 6.07) is 0.